The normalized spacial score (nSPS) is 17.6. The molecule has 0 amide bonds. The van der Waals surface area contributed by atoms with E-state index < -0.39 is 20.0 Å². The molecule has 1 heterocycles. The van der Waals surface area contributed by atoms with Gasteiger partial charge in [-0.25, -0.2) is 16.8 Å². The number of ether oxygens (including phenoxy) is 1. The molecule has 21 heavy (non-hydrogen) atoms. The summed E-state index contributed by atoms with van der Waals surface area (Å²) < 4.78 is 56.8. The van der Waals surface area contributed by atoms with Crippen LogP contribution in [0.1, 0.15) is 6.92 Å². The molecule has 118 valence electrons. The molecule has 0 atom stereocenters. The molecule has 1 saturated heterocycles. The van der Waals surface area contributed by atoms with Gasteiger partial charge in [-0.2, -0.15) is 4.31 Å². The number of rotatable bonds is 5. The summed E-state index contributed by atoms with van der Waals surface area (Å²) in [7, 11) is -7.07. The zero-order valence-corrected chi connectivity index (χ0v) is 13.3. The molecular formula is C12H18N2O5S2. The molecular weight excluding hydrogens is 316 g/mol. The molecule has 1 fully saturated rings. The Balaban J connectivity index is 2.28. The molecule has 2 rings (SSSR count). The van der Waals surface area contributed by atoms with Gasteiger partial charge in [0.2, 0.25) is 20.0 Å². The summed E-state index contributed by atoms with van der Waals surface area (Å²) >= 11 is 0. The topological polar surface area (TPSA) is 92.8 Å². The van der Waals surface area contributed by atoms with Gasteiger partial charge in [0, 0.05) is 18.8 Å². The molecule has 0 unspecified atom stereocenters. The number of nitrogens with zero attached hydrogens (tertiary/aromatic N) is 1. The lowest BCUT2D eigenvalue weighted by Crippen LogP contribution is -2.40. The van der Waals surface area contributed by atoms with E-state index in [4.69, 9.17) is 4.74 Å². The van der Waals surface area contributed by atoms with Crippen molar-refractivity contribution in [3.8, 4) is 0 Å². The van der Waals surface area contributed by atoms with Crippen LogP contribution < -0.4 is 4.72 Å². The molecule has 1 aromatic carbocycles. The second-order valence-corrected chi connectivity index (χ2v) is 8.50. The lowest BCUT2D eigenvalue weighted by atomic mass is 10.3. The number of anilines is 1. The Kier molecular flexibility index (Phi) is 4.87. The van der Waals surface area contributed by atoms with E-state index in [-0.39, 0.29) is 16.3 Å². The zero-order valence-electron chi connectivity index (χ0n) is 11.6. The number of morpholine rings is 1. The van der Waals surface area contributed by atoms with Crippen LogP contribution in [0.2, 0.25) is 0 Å². The predicted octanol–water partition coefficient (Wildman–Crippen LogP) is 0.469. The largest absolute Gasteiger partial charge is 0.379 e. The van der Waals surface area contributed by atoms with E-state index in [1.54, 1.807) is 0 Å². The molecule has 0 aromatic heterocycles. The van der Waals surface area contributed by atoms with Gasteiger partial charge in [0.25, 0.3) is 0 Å². The first kappa shape index (κ1) is 16.2. The highest BCUT2D eigenvalue weighted by atomic mass is 32.2. The number of nitrogens with one attached hydrogen (secondary N) is 1. The fourth-order valence-electron chi connectivity index (χ4n) is 1.91. The van der Waals surface area contributed by atoms with Crippen LogP contribution in [0.25, 0.3) is 0 Å². The van der Waals surface area contributed by atoms with Gasteiger partial charge in [-0.3, -0.25) is 4.72 Å². The highest BCUT2D eigenvalue weighted by Gasteiger charge is 2.26. The molecule has 1 N–H and O–H groups in total. The summed E-state index contributed by atoms with van der Waals surface area (Å²) in [6.45, 7) is 2.83. The van der Waals surface area contributed by atoms with Gasteiger partial charge in [-0.15, -0.1) is 0 Å². The number of benzene rings is 1. The van der Waals surface area contributed by atoms with Gasteiger partial charge in [0.15, 0.2) is 0 Å². The Hall–Kier alpha value is -1.16. The van der Waals surface area contributed by atoms with E-state index >= 15 is 0 Å². The highest BCUT2D eigenvalue weighted by molar-refractivity contribution is 7.92. The van der Waals surface area contributed by atoms with E-state index in [9.17, 15) is 16.8 Å². The first-order valence-electron chi connectivity index (χ1n) is 6.53. The van der Waals surface area contributed by atoms with E-state index in [2.05, 4.69) is 4.72 Å². The minimum absolute atomic E-state index is 0.0701. The van der Waals surface area contributed by atoms with Gasteiger partial charge in [-0.05, 0) is 25.1 Å². The maximum Gasteiger partial charge on any atom is 0.243 e. The van der Waals surface area contributed by atoms with E-state index in [0.717, 1.165) is 0 Å². The Morgan fingerprint density at radius 1 is 1.19 bits per heavy atom. The third-order valence-electron chi connectivity index (χ3n) is 3.10. The number of hydrogen-bond acceptors (Lipinski definition) is 5. The maximum atomic E-state index is 12.5. The summed E-state index contributed by atoms with van der Waals surface area (Å²) in [6.07, 6.45) is 0. The number of sulfonamides is 2. The predicted molar refractivity (Wildman–Crippen MR) is 79.1 cm³/mol. The van der Waals surface area contributed by atoms with Crippen LogP contribution in [0.15, 0.2) is 29.2 Å². The van der Waals surface area contributed by atoms with Crippen molar-refractivity contribution in [1.82, 2.24) is 4.31 Å². The monoisotopic (exact) mass is 334 g/mol. The summed E-state index contributed by atoms with van der Waals surface area (Å²) in [4.78, 5) is 0.0701. The molecule has 0 aliphatic carbocycles. The Labute approximate surface area is 125 Å². The summed E-state index contributed by atoms with van der Waals surface area (Å²) in [5, 5.41) is 0. The Morgan fingerprint density at radius 2 is 1.86 bits per heavy atom. The molecule has 0 bridgehead atoms. The highest BCUT2D eigenvalue weighted by Crippen LogP contribution is 2.21. The molecule has 0 spiro atoms. The van der Waals surface area contributed by atoms with Crippen LogP contribution in [0.4, 0.5) is 5.69 Å². The van der Waals surface area contributed by atoms with E-state index in [1.807, 2.05) is 0 Å². The molecule has 1 aliphatic heterocycles. The second kappa shape index (κ2) is 6.30. The lowest BCUT2D eigenvalue weighted by Gasteiger charge is -2.26. The quantitative estimate of drug-likeness (QED) is 0.845. The first-order valence-corrected chi connectivity index (χ1v) is 9.63. The van der Waals surface area contributed by atoms with Crippen molar-refractivity contribution in [2.24, 2.45) is 0 Å². The minimum Gasteiger partial charge on any atom is -0.379 e. The van der Waals surface area contributed by atoms with E-state index in [0.29, 0.717) is 26.3 Å². The van der Waals surface area contributed by atoms with Crippen molar-refractivity contribution in [2.45, 2.75) is 11.8 Å². The van der Waals surface area contributed by atoms with E-state index in [1.165, 1.54) is 35.5 Å². The van der Waals surface area contributed by atoms with Crippen molar-refractivity contribution in [3.63, 3.8) is 0 Å². The molecule has 0 saturated carbocycles. The summed E-state index contributed by atoms with van der Waals surface area (Å²) in [5.74, 6) is -0.0760. The van der Waals surface area contributed by atoms with Crippen molar-refractivity contribution < 1.29 is 21.6 Å². The van der Waals surface area contributed by atoms with Gasteiger partial charge in [-0.1, -0.05) is 6.07 Å². The van der Waals surface area contributed by atoms with Gasteiger partial charge in [0.05, 0.1) is 23.9 Å². The van der Waals surface area contributed by atoms with Crippen LogP contribution in [-0.4, -0.2) is 53.2 Å². The van der Waals surface area contributed by atoms with Gasteiger partial charge in [0.1, 0.15) is 0 Å². The molecule has 1 aromatic rings. The first-order chi connectivity index (χ1) is 9.85. The zero-order chi connectivity index (χ0) is 15.5. The standard InChI is InChI=1S/C12H18N2O5S2/c1-2-20(15,16)13-11-4-3-5-12(10-11)21(17,18)14-6-8-19-9-7-14/h3-5,10,13H,2,6-9H2,1H3. The molecule has 7 nitrogen and oxygen atoms in total. The SMILES string of the molecule is CCS(=O)(=O)Nc1cccc(S(=O)(=O)N2CCOCC2)c1. The Morgan fingerprint density at radius 3 is 2.48 bits per heavy atom. The molecule has 0 radical (unpaired) electrons. The summed E-state index contributed by atoms with van der Waals surface area (Å²) in [5.41, 5.74) is 0.242. The maximum absolute atomic E-state index is 12.5. The van der Waals surface area contributed by atoms with Crippen molar-refractivity contribution >= 4 is 25.7 Å². The third-order valence-corrected chi connectivity index (χ3v) is 6.30. The van der Waals surface area contributed by atoms with Crippen LogP contribution in [0.3, 0.4) is 0 Å². The molecule has 1 aliphatic rings. The van der Waals surface area contributed by atoms with Crippen LogP contribution in [0.5, 0.6) is 0 Å². The van der Waals surface area contributed by atoms with Crippen molar-refractivity contribution in [3.05, 3.63) is 24.3 Å². The summed E-state index contributed by atoms with van der Waals surface area (Å²) in [6, 6.07) is 5.82. The van der Waals surface area contributed by atoms with Gasteiger partial charge < -0.3 is 4.74 Å². The lowest BCUT2D eigenvalue weighted by molar-refractivity contribution is 0.0730. The Bertz CT molecular complexity index is 694. The van der Waals surface area contributed by atoms with Crippen LogP contribution >= 0.6 is 0 Å². The molecule has 9 heteroatoms. The average Bonchev–Trinajstić information content (AvgIpc) is 2.48. The van der Waals surface area contributed by atoms with Crippen molar-refractivity contribution in [1.29, 1.82) is 0 Å². The average molecular weight is 334 g/mol. The number of hydrogen-bond donors (Lipinski definition) is 1. The fourth-order valence-corrected chi connectivity index (χ4v) is 3.99. The van der Waals surface area contributed by atoms with Crippen molar-refractivity contribution in [2.75, 3.05) is 36.8 Å². The second-order valence-electron chi connectivity index (χ2n) is 4.55. The smallest absolute Gasteiger partial charge is 0.243 e. The van der Waals surface area contributed by atoms with Crippen LogP contribution in [-0.2, 0) is 24.8 Å². The third kappa shape index (κ3) is 3.94. The minimum atomic E-state index is -3.63. The van der Waals surface area contributed by atoms with Gasteiger partial charge >= 0.3 is 0 Å². The van der Waals surface area contributed by atoms with Crippen LogP contribution in [0, 0.1) is 0 Å². The fraction of sp³-hybridized carbons (Fsp3) is 0.500.